The second-order valence-electron chi connectivity index (χ2n) is 3.54. The van der Waals surface area contributed by atoms with Crippen LogP contribution in [0.3, 0.4) is 0 Å². The van der Waals surface area contributed by atoms with Gasteiger partial charge in [0.05, 0.1) is 17.6 Å². The van der Waals surface area contributed by atoms with Gasteiger partial charge in [-0.25, -0.2) is 4.98 Å². The molecule has 1 aromatic heterocycles. The molecule has 0 amide bonds. The van der Waals surface area contributed by atoms with Crippen molar-refractivity contribution in [3.63, 3.8) is 0 Å². The fourth-order valence-corrected chi connectivity index (χ4v) is 1.77. The number of nitrogens with zero attached hydrogens (tertiary/aromatic N) is 2. The maximum absolute atomic E-state index is 4.42. The summed E-state index contributed by atoms with van der Waals surface area (Å²) in [6.45, 7) is 0. The molecule has 2 heterocycles. The Hall–Kier alpha value is -1.96. The third-order valence-electron chi connectivity index (χ3n) is 2.57. The quantitative estimate of drug-likeness (QED) is 0.538. The molecule has 2 heteroatoms. The molecule has 0 saturated carbocycles. The number of hydrogen-bond donors (Lipinski definition) is 0. The molecule has 1 radical (unpaired) electrons. The van der Waals surface area contributed by atoms with Crippen LogP contribution in [0, 0.1) is 6.20 Å². The van der Waals surface area contributed by atoms with E-state index in [4.69, 9.17) is 0 Å². The number of benzene rings is 1. The lowest BCUT2D eigenvalue weighted by molar-refractivity contribution is 1.07. The van der Waals surface area contributed by atoms with Crippen molar-refractivity contribution in [2.45, 2.75) is 6.42 Å². The Balaban J connectivity index is 2.19. The summed E-state index contributed by atoms with van der Waals surface area (Å²) >= 11 is 0. The summed E-state index contributed by atoms with van der Waals surface area (Å²) < 4.78 is 0. The summed E-state index contributed by atoms with van der Waals surface area (Å²) in [6, 6.07) is 12.0. The Morgan fingerprint density at radius 3 is 3.07 bits per heavy atom. The lowest BCUT2D eigenvalue weighted by Gasteiger charge is -2.02. The second kappa shape index (κ2) is 3.31. The summed E-state index contributed by atoms with van der Waals surface area (Å²) in [5.74, 6) is 0. The zero-order chi connectivity index (χ0) is 10.1. The Morgan fingerprint density at radius 1 is 1.13 bits per heavy atom. The highest BCUT2D eigenvalue weighted by Gasteiger charge is 2.09. The summed E-state index contributed by atoms with van der Waals surface area (Å²) in [5, 5.41) is 0. The number of aromatic nitrogens is 1. The molecule has 0 atom stereocenters. The van der Waals surface area contributed by atoms with E-state index in [1.54, 1.807) is 6.07 Å². The van der Waals surface area contributed by atoms with E-state index in [9.17, 15) is 0 Å². The van der Waals surface area contributed by atoms with E-state index in [1.807, 2.05) is 24.4 Å². The van der Waals surface area contributed by atoms with E-state index in [1.165, 1.54) is 11.1 Å². The van der Waals surface area contributed by atoms with Crippen molar-refractivity contribution in [2.24, 2.45) is 4.99 Å². The maximum Gasteiger partial charge on any atom is 0.0891 e. The van der Waals surface area contributed by atoms with Gasteiger partial charge in [0.15, 0.2) is 0 Å². The summed E-state index contributed by atoms with van der Waals surface area (Å²) in [7, 11) is 0. The highest BCUT2D eigenvalue weighted by molar-refractivity contribution is 5.85. The Labute approximate surface area is 88.3 Å². The van der Waals surface area contributed by atoms with Crippen molar-refractivity contribution >= 4 is 11.9 Å². The second-order valence-corrected chi connectivity index (χ2v) is 3.54. The Bertz CT molecular complexity index is 482. The van der Waals surface area contributed by atoms with Gasteiger partial charge < -0.3 is 0 Å². The minimum Gasteiger partial charge on any atom is -0.254 e. The molecule has 0 aliphatic carbocycles. The number of fused-ring (bicyclic) bond motifs is 2. The highest BCUT2D eigenvalue weighted by atomic mass is 14.8. The van der Waals surface area contributed by atoms with Crippen LogP contribution in [0.4, 0.5) is 5.69 Å². The number of pyridine rings is 1. The fraction of sp³-hybridized carbons (Fsp3) is 0.0769. The van der Waals surface area contributed by atoms with E-state index in [0.717, 1.165) is 17.8 Å². The van der Waals surface area contributed by atoms with Gasteiger partial charge in [0.1, 0.15) is 0 Å². The molecule has 15 heavy (non-hydrogen) atoms. The van der Waals surface area contributed by atoms with Gasteiger partial charge in [0.25, 0.3) is 0 Å². The predicted molar refractivity (Wildman–Crippen MR) is 59.6 cm³/mol. The zero-order valence-corrected chi connectivity index (χ0v) is 8.14. The number of rotatable bonds is 0. The van der Waals surface area contributed by atoms with Crippen LogP contribution in [0.5, 0.6) is 0 Å². The van der Waals surface area contributed by atoms with Crippen LogP contribution in [0.2, 0.25) is 0 Å². The predicted octanol–water partition coefficient (Wildman–Crippen LogP) is 2.54. The molecule has 0 bridgehead atoms. The smallest absolute Gasteiger partial charge is 0.0891 e. The summed E-state index contributed by atoms with van der Waals surface area (Å²) in [4.78, 5) is 8.66. The normalized spacial score (nSPS) is 12.8. The molecule has 1 aliphatic heterocycles. The lowest BCUT2D eigenvalue weighted by atomic mass is 10.0. The molecule has 0 unspecified atom stereocenters. The summed E-state index contributed by atoms with van der Waals surface area (Å²) in [5.41, 5.74) is 4.39. The van der Waals surface area contributed by atoms with Crippen LogP contribution in [0.1, 0.15) is 16.8 Å². The van der Waals surface area contributed by atoms with E-state index >= 15 is 0 Å². The van der Waals surface area contributed by atoms with Gasteiger partial charge in [0.2, 0.25) is 0 Å². The van der Waals surface area contributed by atoms with Crippen LogP contribution in [-0.2, 0) is 6.42 Å². The Morgan fingerprint density at radius 2 is 2.07 bits per heavy atom. The third kappa shape index (κ3) is 1.44. The van der Waals surface area contributed by atoms with Crippen molar-refractivity contribution in [1.29, 1.82) is 0 Å². The van der Waals surface area contributed by atoms with Gasteiger partial charge in [0, 0.05) is 12.6 Å². The first-order chi connectivity index (χ1) is 7.43. The lowest BCUT2D eigenvalue weighted by Crippen LogP contribution is -1.93. The van der Waals surface area contributed by atoms with Crippen molar-refractivity contribution in [3.05, 3.63) is 59.4 Å². The van der Waals surface area contributed by atoms with Gasteiger partial charge in [-0.2, -0.15) is 0 Å². The average Bonchev–Trinajstić information content (AvgIpc) is 2.48. The summed E-state index contributed by atoms with van der Waals surface area (Å²) in [6.07, 6.45) is 5.60. The standard InChI is InChI=1S/C13H9N2/c1-2-5-11-9-15-12-6-3-7-14-13(12)8-10(11)4-1/h1-6,9H,8H2. The molecular weight excluding hydrogens is 184 g/mol. The zero-order valence-electron chi connectivity index (χ0n) is 8.14. The van der Waals surface area contributed by atoms with E-state index in [-0.39, 0.29) is 0 Å². The van der Waals surface area contributed by atoms with E-state index < -0.39 is 0 Å². The molecule has 2 aromatic rings. The van der Waals surface area contributed by atoms with Gasteiger partial charge >= 0.3 is 0 Å². The molecule has 1 aliphatic rings. The molecule has 3 rings (SSSR count). The molecule has 1 aromatic carbocycles. The van der Waals surface area contributed by atoms with Crippen molar-refractivity contribution in [2.75, 3.05) is 0 Å². The van der Waals surface area contributed by atoms with Gasteiger partial charge in [-0.15, -0.1) is 0 Å². The topological polar surface area (TPSA) is 25.2 Å². The van der Waals surface area contributed by atoms with Crippen LogP contribution < -0.4 is 0 Å². The first-order valence-electron chi connectivity index (χ1n) is 4.91. The molecule has 0 fully saturated rings. The minimum atomic E-state index is 0.836. The van der Waals surface area contributed by atoms with Crippen molar-refractivity contribution in [1.82, 2.24) is 4.98 Å². The van der Waals surface area contributed by atoms with E-state index in [2.05, 4.69) is 28.3 Å². The van der Waals surface area contributed by atoms with Crippen LogP contribution in [0.15, 0.2) is 41.4 Å². The monoisotopic (exact) mass is 193 g/mol. The Kier molecular flexibility index (Phi) is 1.85. The van der Waals surface area contributed by atoms with Crippen LogP contribution >= 0.6 is 0 Å². The van der Waals surface area contributed by atoms with Crippen LogP contribution in [-0.4, -0.2) is 11.2 Å². The molecular formula is C13H9N2. The molecule has 71 valence electrons. The minimum absolute atomic E-state index is 0.836. The molecule has 0 N–H and O–H groups in total. The largest absolute Gasteiger partial charge is 0.254 e. The van der Waals surface area contributed by atoms with Crippen LogP contribution in [0.25, 0.3) is 0 Å². The van der Waals surface area contributed by atoms with Crippen molar-refractivity contribution in [3.8, 4) is 0 Å². The average molecular weight is 193 g/mol. The first kappa shape index (κ1) is 8.36. The first-order valence-corrected chi connectivity index (χ1v) is 4.91. The van der Waals surface area contributed by atoms with Crippen molar-refractivity contribution < 1.29 is 0 Å². The maximum atomic E-state index is 4.42. The van der Waals surface area contributed by atoms with Gasteiger partial charge in [-0.3, -0.25) is 4.99 Å². The SMILES string of the molecule is [c]1ccc2c(n1)Cc1ccccc1C=N2. The number of hydrogen-bond acceptors (Lipinski definition) is 2. The molecule has 0 spiro atoms. The third-order valence-corrected chi connectivity index (χ3v) is 2.57. The van der Waals surface area contributed by atoms with Gasteiger partial charge in [-0.1, -0.05) is 24.3 Å². The highest BCUT2D eigenvalue weighted by Crippen LogP contribution is 2.23. The van der Waals surface area contributed by atoms with Gasteiger partial charge in [-0.05, 0) is 23.3 Å². The molecule has 0 saturated heterocycles. The number of aliphatic imine (C=N–C) groups is 1. The molecule has 2 nitrogen and oxygen atoms in total. The fourth-order valence-electron chi connectivity index (χ4n) is 1.77. The van der Waals surface area contributed by atoms with E-state index in [0.29, 0.717) is 0 Å².